The maximum Gasteiger partial charge on any atom is 0.261 e. The molecule has 1 aliphatic rings. The first-order chi connectivity index (χ1) is 15.9. The molecule has 152 valence electrons. The molecule has 0 saturated carbocycles. The van der Waals surface area contributed by atoms with Gasteiger partial charge in [0.25, 0.3) is 5.91 Å². The van der Waals surface area contributed by atoms with Gasteiger partial charge in [0.2, 0.25) is 0 Å². The molecule has 3 aromatic rings. The lowest BCUT2D eigenvalue weighted by Crippen LogP contribution is -2.48. The third kappa shape index (κ3) is 5.28. The van der Waals surface area contributed by atoms with Crippen molar-refractivity contribution in [3.8, 4) is 0 Å². The van der Waals surface area contributed by atoms with E-state index in [1.54, 1.807) is 0 Å². The third-order valence-corrected chi connectivity index (χ3v) is 5.20. The summed E-state index contributed by atoms with van der Waals surface area (Å²) in [6, 6.07) is 9.40. The summed E-state index contributed by atoms with van der Waals surface area (Å²) < 4.78 is 45.9. The lowest BCUT2D eigenvalue weighted by molar-refractivity contribution is 0.0959. The minimum Gasteiger partial charge on any atom is -0.472 e. The van der Waals surface area contributed by atoms with Gasteiger partial charge in [0.05, 0.1) is 18.7 Å². The molecule has 5 heteroatoms. The second-order valence-electron chi connectivity index (χ2n) is 6.97. The molecule has 0 spiro atoms. The summed E-state index contributed by atoms with van der Waals surface area (Å²) in [4.78, 5) is 17.2. The van der Waals surface area contributed by atoms with Gasteiger partial charge in [0, 0.05) is 31.4 Å². The molecule has 0 radical (unpaired) electrons. The van der Waals surface area contributed by atoms with Gasteiger partial charge in [0.1, 0.15) is 6.26 Å². The molecule has 0 bridgehead atoms. The quantitative estimate of drug-likeness (QED) is 0.564. The van der Waals surface area contributed by atoms with E-state index in [9.17, 15) is 4.79 Å². The largest absolute Gasteiger partial charge is 0.472 e. The number of hydrogen-bond acceptors (Lipinski definition) is 3. The number of piperidine rings is 1. The summed E-state index contributed by atoms with van der Waals surface area (Å²) >= 11 is 0. The summed E-state index contributed by atoms with van der Waals surface area (Å²) in [7, 11) is 0. The van der Waals surface area contributed by atoms with E-state index in [0.29, 0.717) is 12.8 Å². The van der Waals surface area contributed by atoms with Crippen molar-refractivity contribution < 1.29 is 16.1 Å². The van der Waals surface area contributed by atoms with E-state index in [2.05, 4.69) is 17.0 Å². The topological polar surface area (TPSA) is 36.7 Å². The minimum absolute atomic E-state index is 0. The van der Waals surface area contributed by atoms with E-state index in [4.69, 9.17) is 11.3 Å². The summed E-state index contributed by atoms with van der Waals surface area (Å²) in [5.74, 6) is -0.426. The lowest BCUT2D eigenvalue weighted by Gasteiger charge is -2.38. The Labute approximate surface area is 185 Å². The average Bonchev–Trinajstić information content (AvgIpc) is 3.39. The van der Waals surface area contributed by atoms with Crippen LogP contribution in [0.2, 0.25) is 0 Å². The zero-order chi connectivity index (χ0) is 23.5. The Morgan fingerprint density at radius 3 is 2.48 bits per heavy atom. The van der Waals surface area contributed by atoms with Gasteiger partial charge in [-0.2, -0.15) is 0 Å². The Kier molecular flexibility index (Phi) is 5.43. The number of benzene rings is 2. The molecule has 0 aliphatic carbocycles. The van der Waals surface area contributed by atoms with Crippen LogP contribution >= 0.6 is 12.4 Å². The van der Waals surface area contributed by atoms with Gasteiger partial charge in [-0.25, -0.2) is 0 Å². The lowest BCUT2D eigenvalue weighted by atomic mass is 10.0. The fourth-order valence-electron chi connectivity index (χ4n) is 3.67. The van der Waals surface area contributed by atoms with Gasteiger partial charge in [-0.15, -0.1) is 12.4 Å². The Balaban J connectivity index is 0.00000324. The van der Waals surface area contributed by atoms with Crippen LogP contribution in [0.4, 0.5) is 5.69 Å². The molecule has 29 heavy (non-hydrogen) atoms. The van der Waals surface area contributed by atoms with Crippen molar-refractivity contribution >= 4 is 24.0 Å². The van der Waals surface area contributed by atoms with Crippen molar-refractivity contribution in [2.45, 2.75) is 25.3 Å². The number of para-hydroxylation sites is 1. The van der Waals surface area contributed by atoms with Crippen molar-refractivity contribution in [3.05, 3.63) is 90.3 Å². The second-order valence-corrected chi connectivity index (χ2v) is 6.97. The Morgan fingerprint density at radius 1 is 1.10 bits per heavy atom. The molecule has 1 aliphatic heterocycles. The van der Waals surface area contributed by atoms with Crippen LogP contribution in [0.25, 0.3) is 0 Å². The number of rotatable bonds is 6. The van der Waals surface area contributed by atoms with Crippen LogP contribution in [-0.2, 0) is 6.42 Å². The Bertz CT molecular complexity index is 1090. The first-order valence-corrected chi connectivity index (χ1v) is 9.57. The second kappa shape index (κ2) is 10.3. The van der Waals surface area contributed by atoms with E-state index in [1.807, 2.05) is 18.2 Å². The van der Waals surface area contributed by atoms with Gasteiger partial charge >= 0.3 is 0 Å². The maximum absolute atomic E-state index is 13.4. The highest BCUT2D eigenvalue weighted by Gasteiger charge is 2.30. The molecule has 1 amide bonds. The van der Waals surface area contributed by atoms with Crippen LogP contribution in [-0.4, -0.2) is 36.5 Å². The molecule has 4 nitrogen and oxygen atoms in total. The first kappa shape index (κ1) is 15.3. The summed E-state index contributed by atoms with van der Waals surface area (Å²) in [5.41, 5.74) is 1.48. The normalized spacial score (nSPS) is 17.3. The van der Waals surface area contributed by atoms with Gasteiger partial charge in [-0.1, -0.05) is 48.5 Å². The van der Waals surface area contributed by atoms with Gasteiger partial charge in [-0.3, -0.25) is 4.79 Å². The van der Waals surface area contributed by atoms with Crippen LogP contribution in [0.1, 0.15) is 35.6 Å². The molecule has 1 aromatic heterocycles. The van der Waals surface area contributed by atoms with Crippen LogP contribution in [0.3, 0.4) is 0 Å². The van der Waals surface area contributed by atoms with Gasteiger partial charge in [0.15, 0.2) is 0 Å². The van der Waals surface area contributed by atoms with Gasteiger partial charge in [-0.05, 0) is 43.0 Å². The van der Waals surface area contributed by atoms with Crippen molar-refractivity contribution in [1.29, 1.82) is 0 Å². The minimum atomic E-state index is -0.472. The number of carbonyl (C=O) groups is 1. The standard InChI is InChI=1S/C24H26N2O2.ClH/c27-24(21-14-18-28-19-21)26(22-9-5-2-6-10-22)23-12-16-25(17-13-23)15-11-20-7-3-1-4-8-20;/h1-10,14,18-19,23H,11-13,15-17H2;1H/i2D,5D,6D,9D,10D;. The van der Waals surface area contributed by atoms with E-state index in [1.165, 1.54) is 29.1 Å². The van der Waals surface area contributed by atoms with Crippen LogP contribution in [0, 0.1) is 0 Å². The van der Waals surface area contributed by atoms with Crippen molar-refractivity contribution in [1.82, 2.24) is 4.90 Å². The molecule has 0 N–H and O–H groups in total. The SMILES string of the molecule is Cl.[2H]c1c([2H])c([2H])c(N(C(=O)c2ccoc2)C2CCN(CCc3ccccc3)CC2)c([2H])c1[2H]. The Hall–Kier alpha value is -2.56. The average molecular weight is 416 g/mol. The van der Waals surface area contributed by atoms with E-state index < -0.39 is 24.0 Å². The highest BCUT2D eigenvalue weighted by molar-refractivity contribution is 6.06. The fraction of sp³-hybridized carbons (Fsp3) is 0.292. The zero-order valence-electron chi connectivity index (χ0n) is 21.1. The number of amides is 1. The van der Waals surface area contributed by atoms with Crippen molar-refractivity contribution in [2.24, 2.45) is 0 Å². The molecule has 2 aromatic carbocycles. The number of anilines is 1. The smallest absolute Gasteiger partial charge is 0.261 e. The molecule has 2 heterocycles. The molecular weight excluding hydrogens is 384 g/mol. The van der Waals surface area contributed by atoms with E-state index >= 15 is 0 Å². The molecule has 1 fully saturated rings. The fourth-order valence-corrected chi connectivity index (χ4v) is 3.67. The Morgan fingerprint density at radius 2 is 1.83 bits per heavy atom. The van der Waals surface area contributed by atoms with Crippen molar-refractivity contribution in [2.75, 3.05) is 24.5 Å². The number of halogens is 1. The van der Waals surface area contributed by atoms with E-state index in [0.717, 1.165) is 26.1 Å². The van der Waals surface area contributed by atoms with Crippen LogP contribution in [0.5, 0.6) is 0 Å². The van der Waals surface area contributed by atoms with Crippen LogP contribution < -0.4 is 4.90 Å². The predicted octanol–water partition coefficient (Wildman–Crippen LogP) is 5.06. The summed E-state index contributed by atoms with van der Waals surface area (Å²) in [5, 5.41) is 0. The summed E-state index contributed by atoms with van der Waals surface area (Å²) in [6.45, 7) is 2.41. The number of likely N-dealkylation sites (tertiary alicyclic amines) is 1. The molecule has 1 saturated heterocycles. The molecule has 0 unspecified atom stereocenters. The van der Waals surface area contributed by atoms with E-state index in [-0.39, 0.29) is 41.8 Å². The first-order valence-electron chi connectivity index (χ1n) is 12.1. The molecule has 0 atom stereocenters. The van der Waals surface area contributed by atoms with Crippen LogP contribution in [0.15, 0.2) is 83.6 Å². The highest BCUT2D eigenvalue weighted by Crippen LogP contribution is 2.26. The number of furan rings is 1. The number of nitrogens with zero attached hydrogens (tertiary/aromatic N) is 2. The number of carbonyl (C=O) groups excluding carboxylic acids is 1. The number of hydrogen-bond donors (Lipinski definition) is 0. The predicted molar refractivity (Wildman–Crippen MR) is 119 cm³/mol. The summed E-state index contributed by atoms with van der Waals surface area (Å²) in [6.07, 6.45) is 4.92. The molecular formula is C24H27ClN2O2. The van der Waals surface area contributed by atoms with Crippen molar-refractivity contribution in [3.63, 3.8) is 0 Å². The highest BCUT2D eigenvalue weighted by atomic mass is 35.5. The molecule has 4 rings (SSSR count). The zero-order valence-corrected chi connectivity index (χ0v) is 16.9. The maximum atomic E-state index is 13.4. The third-order valence-electron chi connectivity index (χ3n) is 5.20. The monoisotopic (exact) mass is 415 g/mol. The van der Waals surface area contributed by atoms with Gasteiger partial charge < -0.3 is 14.2 Å².